The molecule has 0 bridgehead atoms. The van der Waals surface area contributed by atoms with Crippen molar-refractivity contribution in [3.05, 3.63) is 0 Å². The summed E-state index contributed by atoms with van der Waals surface area (Å²) in [5, 5.41) is 3.22. The molecule has 4 nitrogen and oxygen atoms in total. The van der Waals surface area contributed by atoms with Gasteiger partial charge in [0.15, 0.2) is 0 Å². The number of carbonyl (C=O) groups is 1. The van der Waals surface area contributed by atoms with Crippen molar-refractivity contribution in [2.24, 2.45) is 5.92 Å². The highest BCUT2D eigenvalue weighted by Crippen LogP contribution is 2.10. The summed E-state index contributed by atoms with van der Waals surface area (Å²) in [5.41, 5.74) is 0. The summed E-state index contributed by atoms with van der Waals surface area (Å²) in [6.07, 6.45) is 2.61. The average Bonchev–Trinajstić information content (AvgIpc) is 2.69. The quantitative estimate of drug-likeness (QED) is 0.660. The molecule has 0 aromatic rings. The topological polar surface area (TPSA) is 47.6 Å². The van der Waals surface area contributed by atoms with E-state index in [1.54, 1.807) is 0 Å². The van der Waals surface area contributed by atoms with Crippen LogP contribution in [0.1, 0.15) is 19.8 Å². The maximum Gasteiger partial charge on any atom is 0.309 e. The van der Waals surface area contributed by atoms with Gasteiger partial charge in [-0.1, -0.05) is 6.92 Å². The lowest BCUT2D eigenvalue weighted by atomic mass is 10.2. The number of rotatable bonds is 5. The normalized spacial score (nSPS) is 23.4. The van der Waals surface area contributed by atoms with Crippen molar-refractivity contribution in [2.45, 2.75) is 25.9 Å². The molecule has 0 saturated carbocycles. The zero-order chi connectivity index (χ0) is 10.4. The van der Waals surface area contributed by atoms with E-state index in [2.05, 4.69) is 10.1 Å². The third-order valence-corrected chi connectivity index (χ3v) is 2.45. The third kappa shape index (κ3) is 3.64. The molecular weight excluding hydrogens is 182 g/mol. The van der Waals surface area contributed by atoms with Gasteiger partial charge in [-0.3, -0.25) is 4.79 Å². The molecule has 1 rings (SSSR count). The molecule has 4 heteroatoms. The van der Waals surface area contributed by atoms with Crippen LogP contribution in [0.3, 0.4) is 0 Å². The molecule has 82 valence electrons. The summed E-state index contributed by atoms with van der Waals surface area (Å²) in [5.74, 6) is -0.244. The highest BCUT2D eigenvalue weighted by Gasteiger charge is 2.17. The molecule has 0 aromatic carbocycles. The summed E-state index contributed by atoms with van der Waals surface area (Å²) in [6, 6.07) is 0. The van der Waals surface area contributed by atoms with Gasteiger partial charge in [-0.05, 0) is 12.8 Å². The molecule has 1 N–H and O–H groups in total. The van der Waals surface area contributed by atoms with Crippen LogP contribution in [0, 0.1) is 5.92 Å². The van der Waals surface area contributed by atoms with Crippen LogP contribution in [-0.2, 0) is 14.3 Å². The standard InChI is InChI=1S/C10H19NO3/c1-8(10(12)13-2)6-11-7-9-4-3-5-14-9/h8-9,11H,3-7H2,1-2H3/t8-,9+/m1/s1. The van der Waals surface area contributed by atoms with E-state index < -0.39 is 0 Å². The number of hydrogen-bond donors (Lipinski definition) is 1. The van der Waals surface area contributed by atoms with Gasteiger partial charge >= 0.3 is 5.97 Å². The zero-order valence-electron chi connectivity index (χ0n) is 8.91. The first-order valence-corrected chi connectivity index (χ1v) is 5.14. The van der Waals surface area contributed by atoms with Crippen molar-refractivity contribution in [1.82, 2.24) is 5.32 Å². The van der Waals surface area contributed by atoms with Gasteiger partial charge in [0.05, 0.1) is 19.1 Å². The Kier molecular flexibility index (Phi) is 4.90. The Morgan fingerprint density at radius 2 is 2.50 bits per heavy atom. The lowest BCUT2D eigenvalue weighted by Crippen LogP contribution is -2.32. The number of hydrogen-bond acceptors (Lipinski definition) is 4. The Morgan fingerprint density at radius 1 is 1.71 bits per heavy atom. The highest BCUT2D eigenvalue weighted by molar-refractivity contribution is 5.71. The van der Waals surface area contributed by atoms with Crippen molar-refractivity contribution in [2.75, 3.05) is 26.8 Å². The van der Waals surface area contributed by atoms with Crippen molar-refractivity contribution in [3.63, 3.8) is 0 Å². The van der Waals surface area contributed by atoms with Crippen LogP contribution in [-0.4, -0.2) is 38.9 Å². The van der Waals surface area contributed by atoms with Gasteiger partial charge in [-0.2, -0.15) is 0 Å². The summed E-state index contributed by atoms with van der Waals surface area (Å²) < 4.78 is 10.1. The van der Waals surface area contributed by atoms with Crippen LogP contribution in [0.5, 0.6) is 0 Å². The van der Waals surface area contributed by atoms with E-state index in [0.717, 1.165) is 26.0 Å². The van der Waals surface area contributed by atoms with E-state index in [4.69, 9.17) is 4.74 Å². The first-order chi connectivity index (χ1) is 6.74. The molecule has 14 heavy (non-hydrogen) atoms. The molecule has 1 aliphatic rings. The third-order valence-electron chi connectivity index (χ3n) is 2.45. The molecule has 2 atom stereocenters. The fraction of sp³-hybridized carbons (Fsp3) is 0.900. The molecular formula is C10H19NO3. The molecule has 0 spiro atoms. The molecule has 1 saturated heterocycles. The van der Waals surface area contributed by atoms with Gasteiger partial charge in [0.1, 0.15) is 0 Å². The van der Waals surface area contributed by atoms with Gasteiger partial charge in [0, 0.05) is 19.7 Å². The minimum atomic E-state index is -0.162. The van der Waals surface area contributed by atoms with Crippen LogP contribution >= 0.6 is 0 Å². The largest absolute Gasteiger partial charge is 0.469 e. The van der Waals surface area contributed by atoms with E-state index in [0.29, 0.717) is 12.6 Å². The van der Waals surface area contributed by atoms with E-state index >= 15 is 0 Å². The Labute approximate surface area is 85.0 Å². The lowest BCUT2D eigenvalue weighted by Gasteiger charge is -2.13. The SMILES string of the molecule is COC(=O)[C@H](C)CNC[C@@H]1CCCO1. The minimum Gasteiger partial charge on any atom is -0.469 e. The smallest absolute Gasteiger partial charge is 0.309 e. The lowest BCUT2D eigenvalue weighted by molar-refractivity contribution is -0.144. The molecule has 0 radical (unpaired) electrons. The highest BCUT2D eigenvalue weighted by atomic mass is 16.5. The average molecular weight is 201 g/mol. The predicted octanol–water partition coefficient (Wildman–Crippen LogP) is 0.564. The molecule has 0 aliphatic carbocycles. The fourth-order valence-corrected chi connectivity index (χ4v) is 1.55. The summed E-state index contributed by atoms with van der Waals surface area (Å²) in [7, 11) is 1.42. The fourth-order valence-electron chi connectivity index (χ4n) is 1.55. The molecule has 1 heterocycles. The second-order valence-corrected chi connectivity index (χ2v) is 3.72. The second-order valence-electron chi connectivity index (χ2n) is 3.72. The van der Waals surface area contributed by atoms with E-state index in [1.807, 2.05) is 6.92 Å². The number of ether oxygens (including phenoxy) is 2. The number of nitrogens with one attached hydrogen (secondary N) is 1. The van der Waals surface area contributed by atoms with Crippen molar-refractivity contribution in [1.29, 1.82) is 0 Å². The Balaban J connectivity index is 2.05. The van der Waals surface area contributed by atoms with Gasteiger partial charge in [0.2, 0.25) is 0 Å². The Bertz CT molecular complexity index is 178. The van der Waals surface area contributed by atoms with E-state index in [9.17, 15) is 4.79 Å². The first-order valence-electron chi connectivity index (χ1n) is 5.14. The molecule has 0 unspecified atom stereocenters. The monoisotopic (exact) mass is 201 g/mol. The molecule has 0 aromatic heterocycles. The van der Waals surface area contributed by atoms with Crippen LogP contribution < -0.4 is 5.32 Å². The molecule has 1 aliphatic heterocycles. The first kappa shape index (κ1) is 11.5. The van der Waals surface area contributed by atoms with Crippen LogP contribution in [0.2, 0.25) is 0 Å². The van der Waals surface area contributed by atoms with Gasteiger partial charge in [0.25, 0.3) is 0 Å². The number of carbonyl (C=O) groups excluding carboxylic acids is 1. The summed E-state index contributed by atoms with van der Waals surface area (Å²) in [4.78, 5) is 11.0. The van der Waals surface area contributed by atoms with Gasteiger partial charge in [-0.25, -0.2) is 0 Å². The number of methoxy groups -OCH3 is 1. The number of esters is 1. The molecule has 1 fully saturated rings. The van der Waals surface area contributed by atoms with Crippen LogP contribution in [0.25, 0.3) is 0 Å². The van der Waals surface area contributed by atoms with Crippen LogP contribution in [0.4, 0.5) is 0 Å². The maximum atomic E-state index is 11.0. The van der Waals surface area contributed by atoms with E-state index in [-0.39, 0.29) is 11.9 Å². The minimum absolute atomic E-state index is 0.0820. The van der Waals surface area contributed by atoms with E-state index in [1.165, 1.54) is 7.11 Å². The Hall–Kier alpha value is -0.610. The van der Waals surface area contributed by atoms with Crippen LogP contribution in [0.15, 0.2) is 0 Å². The summed E-state index contributed by atoms with van der Waals surface area (Å²) in [6.45, 7) is 4.22. The maximum absolute atomic E-state index is 11.0. The molecule has 0 amide bonds. The zero-order valence-corrected chi connectivity index (χ0v) is 8.91. The predicted molar refractivity (Wildman–Crippen MR) is 53.0 cm³/mol. The van der Waals surface area contributed by atoms with Crippen molar-refractivity contribution in [3.8, 4) is 0 Å². The van der Waals surface area contributed by atoms with Gasteiger partial charge in [-0.15, -0.1) is 0 Å². The summed E-state index contributed by atoms with van der Waals surface area (Å²) >= 11 is 0. The van der Waals surface area contributed by atoms with Crippen molar-refractivity contribution >= 4 is 5.97 Å². The second kappa shape index (κ2) is 5.98. The van der Waals surface area contributed by atoms with Gasteiger partial charge < -0.3 is 14.8 Å². The Morgan fingerprint density at radius 3 is 3.07 bits per heavy atom. The van der Waals surface area contributed by atoms with Crippen molar-refractivity contribution < 1.29 is 14.3 Å².